The van der Waals surface area contributed by atoms with Crippen LogP contribution in [0.15, 0.2) is 12.3 Å². The van der Waals surface area contributed by atoms with Crippen molar-refractivity contribution in [1.82, 2.24) is 4.98 Å². The molecule has 0 unspecified atom stereocenters. The number of hydrogen-bond acceptors (Lipinski definition) is 4. The number of methoxy groups -OCH3 is 1. The van der Waals surface area contributed by atoms with Crippen molar-refractivity contribution >= 4 is 11.6 Å². The summed E-state index contributed by atoms with van der Waals surface area (Å²) < 4.78 is 11.0. The largest absolute Gasteiger partial charge is 0.477 e. The highest BCUT2D eigenvalue weighted by Crippen LogP contribution is 2.22. The number of pyridine rings is 1. The van der Waals surface area contributed by atoms with Gasteiger partial charge in [-0.25, -0.2) is 4.98 Å². The Balaban J connectivity index is 2.74. The molecule has 1 amide bonds. The van der Waals surface area contributed by atoms with Crippen LogP contribution in [0.25, 0.3) is 0 Å². The van der Waals surface area contributed by atoms with Crippen LogP contribution in [0, 0.1) is 6.92 Å². The van der Waals surface area contributed by atoms with E-state index in [4.69, 9.17) is 9.47 Å². The second-order valence-electron chi connectivity index (χ2n) is 5.69. The van der Waals surface area contributed by atoms with Crippen LogP contribution in [0.5, 0.6) is 5.88 Å². The minimum atomic E-state index is -0.820. The fourth-order valence-corrected chi connectivity index (χ4v) is 2.14. The summed E-state index contributed by atoms with van der Waals surface area (Å²) in [7, 11) is 1.56. The summed E-state index contributed by atoms with van der Waals surface area (Å²) in [5.74, 6) is 0.465. The zero-order valence-corrected chi connectivity index (χ0v) is 14.4. The molecule has 0 bridgehead atoms. The molecule has 0 spiro atoms. The number of anilines is 1. The van der Waals surface area contributed by atoms with E-state index in [1.165, 1.54) is 0 Å². The lowest BCUT2D eigenvalue weighted by Gasteiger charge is -2.26. The standard InChI is InChI=1S/C17H28N2O3/c1-6-8-10-22-15-13(3)11-14(12-18-15)19-16(20)17(4,21-5)9-7-2/h11-12H,6-10H2,1-5H3,(H,19,20)/t17-/m0/s1. The molecule has 0 fully saturated rings. The number of rotatable bonds is 9. The molecule has 0 aliphatic carbocycles. The Morgan fingerprint density at radius 2 is 2.09 bits per heavy atom. The summed E-state index contributed by atoms with van der Waals surface area (Å²) >= 11 is 0. The van der Waals surface area contributed by atoms with E-state index < -0.39 is 5.60 Å². The highest BCUT2D eigenvalue weighted by molar-refractivity contribution is 5.97. The van der Waals surface area contributed by atoms with Crippen molar-refractivity contribution < 1.29 is 14.3 Å². The van der Waals surface area contributed by atoms with Crippen molar-refractivity contribution in [3.63, 3.8) is 0 Å². The van der Waals surface area contributed by atoms with Gasteiger partial charge < -0.3 is 14.8 Å². The summed E-state index contributed by atoms with van der Waals surface area (Å²) in [6, 6.07) is 1.87. The van der Waals surface area contributed by atoms with Crippen molar-refractivity contribution in [2.24, 2.45) is 0 Å². The van der Waals surface area contributed by atoms with Gasteiger partial charge in [0.1, 0.15) is 5.60 Å². The summed E-state index contributed by atoms with van der Waals surface area (Å²) in [5.41, 5.74) is 0.743. The van der Waals surface area contributed by atoms with E-state index in [1.807, 2.05) is 19.9 Å². The fraction of sp³-hybridized carbons (Fsp3) is 0.647. The zero-order valence-electron chi connectivity index (χ0n) is 14.4. The lowest BCUT2D eigenvalue weighted by atomic mass is 9.99. The molecule has 0 saturated carbocycles. The third kappa shape index (κ3) is 4.98. The van der Waals surface area contributed by atoms with Crippen LogP contribution in [0.3, 0.4) is 0 Å². The van der Waals surface area contributed by atoms with E-state index in [0.717, 1.165) is 24.8 Å². The summed E-state index contributed by atoms with van der Waals surface area (Å²) in [6.07, 6.45) is 5.25. The van der Waals surface area contributed by atoms with Crippen molar-refractivity contribution in [2.75, 3.05) is 19.0 Å². The van der Waals surface area contributed by atoms with Gasteiger partial charge in [0.2, 0.25) is 5.88 Å². The van der Waals surface area contributed by atoms with Crippen molar-refractivity contribution in [3.05, 3.63) is 17.8 Å². The van der Waals surface area contributed by atoms with Crippen LogP contribution in [0.2, 0.25) is 0 Å². The molecule has 0 aliphatic heterocycles. The third-order valence-corrected chi connectivity index (χ3v) is 3.68. The van der Waals surface area contributed by atoms with Gasteiger partial charge in [0, 0.05) is 12.7 Å². The highest BCUT2D eigenvalue weighted by atomic mass is 16.5. The number of ether oxygens (including phenoxy) is 2. The lowest BCUT2D eigenvalue weighted by Crippen LogP contribution is -2.41. The first-order valence-electron chi connectivity index (χ1n) is 7.92. The molecule has 0 radical (unpaired) electrons. The van der Waals surface area contributed by atoms with Gasteiger partial charge in [-0.3, -0.25) is 4.79 Å². The molecular weight excluding hydrogens is 280 g/mol. The first kappa shape index (κ1) is 18.4. The Morgan fingerprint density at radius 3 is 2.64 bits per heavy atom. The van der Waals surface area contributed by atoms with Crippen LogP contribution in [0.1, 0.15) is 52.0 Å². The number of nitrogens with zero attached hydrogens (tertiary/aromatic N) is 1. The van der Waals surface area contributed by atoms with Gasteiger partial charge in [0.25, 0.3) is 5.91 Å². The fourth-order valence-electron chi connectivity index (χ4n) is 2.14. The Labute approximate surface area is 133 Å². The first-order valence-corrected chi connectivity index (χ1v) is 7.92. The predicted molar refractivity (Wildman–Crippen MR) is 88.3 cm³/mol. The van der Waals surface area contributed by atoms with E-state index in [0.29, 0.717) is 24.6 Å². The van der Waals surface area contributed by atoms with Crippen LogP contribution in [-0.2, 0) is 9.53 Å². The third-order valence-electron chi connectivity index (χ3n) is 3.68. The topological polar surface area (TPSA) is 60.5 Å². The molecule has 0 aromatic carbocycles. The van der Waals surface area contributed by atoms with E-state index in [9.17, 15) is 4.79 Å². The normalized spacial score (nSPS) is 13.5. The number of carbonyl (C=O) groups is 1. The Bertz CT molecular complexity index is 491. The predicted octanol–water partition coefficient (Wildman–Crippen LogP) is 3.71. The van der Waals surface area contributed by atoms with Crippen LogP contribution in [-0.4, -0.2) is 30.2 Å². The second kappa shape index (κ2) is 8.73. The van der Waals surface area contributed by atoms with Gasteiger partial charge in [-0.1, -0.05) is 26.7 Å². The molecule has 0 saturated heterocycles. The van der Waals surface area contributed by atoms with Crippen molar-refractivity contribution in [2.45, 2.75) is 59.0 Å². The maximum Gasteiger partial charge on any atom is 0.256 e. The zero-order chi connectivity index (χ0) is 16.6. The Kier molecular flexibility index (Phi) is 7.32. The van der Waals surface area contributed by atoms with E-state index >= 15 is 0 Å². The molecule has 1 N–H and O–H groups in total. The van der Waals surface area contributed by atoms with Gasteiger partial charge in [0.05, 0.1) is 18.5 Å². The highest BCUT2D eigenvalue weighted by Gasteiger charge is 2.32. The van der Waals surface area contributed by atoms with Gasteiger partial charge in [-0.15, -0.1) is 0 Å². The molecule has 1 aromatic heterocycles. The Hall–Kier alpha value is -1.62. The average Bonchev–Trinajstić information content (AvgIpc) is 2.49. The summed E-state index contributed by atoms with van der Waals surface area (Å²) in [4.78, 5) is 16.6. The number of nitrogens with one attached hydrogen (secondary N) is 1. The molecule has 0 aliphatic rings. The van der Waals surface area contributed by atoms with Crippen molar-refractivity contribution in [3.8, 4) is 5.88 Å². The number of aromatic nitrogens is 1. The monoisotopic (exact) mass is 308 g/mol. The number of aryl methyl sites for hydroxylation is 1. The molecule has 5 heteroatoms. The molecule has 1 aromatic rings. The number of carbonyl (C=O) groups excluding carboxylic acids is 1. The minimum Gasteiger partial charge on any atom is -0.477 e. The van der Waals surface area contributed by atoms with Gasteiger partial charge in [-0.05, 0) is 32.8 Å². The maximum atomic E-state index is 12.4. The van der Waals surface area contributed by atoms with E-state index in [1.54, 1.807) is 20.2 Å². The first-order chi connectivity index (χ1) is 10.5. The minimum absolute atomic E-state index is 0.155. The SMILES string of the molecule is CCCCOc1ncc(NC(=O)[C@](C)(CCC)OC)cc1C. The van der Waals surface area contributed by atoms with Crippen LogP contribution >= 0.6 is 0 Å². The molecule has 1 atom stereocenters. The number of amides is 1. The van der Waals surface area contributed by atoms with Crippen LogP contribution < -0.4 is 10.1 Å². The molecule has 124 valence electrons. The molecule has 22 heavy (non-hydrogen) atoms. The van der Waals surface area contributed by atoms with E-state index in [-0.39, 0.29) is 5.91 Å². The Morgan fingerprint density at radius 1 is 1.36 bits per heavy atom. The summed E-state index contributed by atoms with van der Waals surface area (Å²) in [5, 5.41) is 2.87. The second-order valence-corrected chi connectivity index (χ2v) is 5.69. The van der Waals surface area contributed by atoms with Gasteiger partial charge >= 0.3 is 0 Å². The summed E-state index contributed by atoms with van der Waals surface area (Å²) in [6.45, 7) is 8.53. The van der Waals surface area contributed by atoms with Crippen molar-refractivity contribution in [1.29, 1.82) is 0 Å². The molecule has 5 nitrogen and oxygen atoms in total. The van der Waals surface area contributed by atoms with Gasteiger partial charge in [-0.2, -0.15) is 0 Å². The molecule has 1 heterocycles. The number of hydrogen-bond donors (Lipinski definition) is 1. The lowest BCUT2D eigenvalue weighted by molar-refractivity contribution is -0.136. The number of unbranched alkanes of at least 4 members (excludes halogenated alkanes) is 1. The maximum absolute atomic E-state index is 12.4. The van der Waals surface area contributed by atoms with E-state index in [2.05, 4.69) is 17.2 Å². The van der Waals surface area contributed by atoms with Crippen LogP contribution in [0.4, 0.5) is 5.69 Å². The van der Waals surface area contributed by atoms with Gasteiger partial charge in [0.15, 0.2) is 0 Å². The molecule has 1 rings (SSSR count). The quantitative estimate of drug-likeness (QED) is 0.706. The average molecular weight is 308 g/mol. The molecular formula is C17H28N2O3. The smallest absolute Gasteiger partial charge is 0.256 e.